The maximum Gasteiger partial charge on any atom is 0.0717 e. The van der Waals surface area contributed by atoms with E-state index >= 15 is 0 Å². The van der Waals surface area contributed by atoms with E-state index < -0.39 is 0 Å². The van der Waals surface area contributed by atoms with Crippen LogP contribution in [0.4, 0.5) is 0 Å². The van der Waals surface area contributed by atoms with Crippen molar-refractivity contribution < 1.29 is 9.84 Å². The predicted molar refractivity (Wildman–Crippen MR) is 72.6 cm³/mol. The number of halogens is 1. The summed E-state index contributed by atoms with van der Waals surface area (Å²) in [5, 5.41) is 9.49. The first-order chi connectivity index (χ1) is 7.70. The second kappa shape index (κ2) is 5.47. The molecule has 0 radical (unpaired) electrons. The van der Waals surface area contributed by atoms with Crippen molar-refractivity contribution >= 4 is 22.6 Å². The van der Waals surface area contributed by atoms with Crippen LogP contribution in [0.3, 0.4) is 0 Å². The first-order valence-corrected chi connectivity index (χ1v) is 6.88. The topological polar surface area (TPSA) is 29.5 Å². The summed E-state index contributed by atoms with van der Waals surface area (Å²) in [6.45, 7) is 3.30. The summed E-state index contributed by atoms with van der Waals surface area (Å²) in [5.41, 5.74) is 1.21. The van der Waals surface area contributed by atoms with E-state index in [0.717, 1.165) is 6.61 Å². The third kappa shape index (κ3) is 2.96. The smallest absolute Gasteiger partial charge is 0.0717 e. The van der Waals surface area contributed by atoms with Crippen LogP contribution in [0.15, 0.2) is 30.3 Å². The lowest BCUT2D eigenvalue weighted by Gasteiger charge is -2.04. The fraction of sp³-hybridized carbons (Fsp3) is 0.538. The SMILES string of the molecule is C[C@H](O)[C@H]1[C@@H](I)[C@H]1COCc1ccccc1. The molecule has 1 N–H and O–H groups in total. The van der Waals surface area contributed by atoms with Crippen LogP contribution in [0.5, 0.6) is 0 Å². The molecule has 1 aliphatic rings. The summed E-state index contributed by atoms with van der Waals surface area (Å²) in [4.78, 5) is 0. The lowest BCUT2D eigenvalue weighted by Crippen LogP contribution is -2.07. The third-order valence-corrected chi connectivity index (χ3v) is 4.86. The molecule has 1 saturated carbocycles. The van der Waals surface area contributed by atoms with Crippen molar-refractivity contribution in [3.05, 3.63) is 35.9 Å². The van der Waals surface area contributed by atoms with Crippen LogP contribution in [0.25, 0.3) is 0 Å². The number of aliphatic hydroxyl groups is 1. The fourth-order valence-electron chi connectivity index (χ4n) is 2.07. The standard InChI is InChI=1S/C13H17IO2/c1-9(15)12-11(13(12)14)8-16-7-10-5-3-2-4-6-10/h2-6,9,11-13,15H,7-8H2,1H3/t9-,11-,12+,13-/m0/s1. The van der Waals surface area contributed by atoms with Crippen LogP contribution in [0, 0.1) is 11.8 Å². The Bertz CT molecular complexity index is 326. The van der Waals surface area contributed by atoms with Gasteiger partial charge in [0, 0.05) is 15.8 Å². The van der Waals surface area contributed by atoms with Gasteiger partial charge in [-0.2, -0.15) is 0 Å². The van der Waals surface area contributed by atoms with Gasteiger partial charge >= 0.3 is 0 Å². The average Bonchev–Trinajstić information content (AvgIpc) is 2.91. The zero-order valence-corrected chi connectivity index (χ0v) is 11.5. The number of alkyl halides is 1. The molecule has 0 bridgehead atoms. The molecule has 1 fully saturated rings. The summed E-state index contributed by atoms with van der Waals surface area (Å²) in [7, 11) is 0. The maximum atomic E-state index is 9.49. The van der Waals surface area contributed by atoms with E-state index in [0.29, 0.717) is 22.4 Å². The molecule has 0 unspecified atom stereocenters. The van der Waals surface area contributed by atoms with E-state index in [1.165, 1.54) is 5.56 Å². The van der Waals surface area contributed by atoms with Gasteiger partial charge in [-0.1, -0.05) is 52.9 Å². The molecule has 3 heteroatoms. The van der Waals surface area contributed by atoms with Gasteiger partial charge in [0.05, 0.1) is 19.3 Å². The van der Waals surface area contributed by atoms with Crippen LogP contribution in [0.1, 0.15) is 12.5 Å². The Kier molecular flexibility index (Phi) is 4.21. The van der Waals surface area contributed by atoms with Gasteiger partial charge in [-0.15, -0.1) is 0 Å². The van der Waals surface area contributed by atoms with Crippen LogP contribution < -0.4 is 0 Å². The number of rotatable bonds is 5. The first-order valence-electron chi connectivity index (χ1n) is 5.64. The van der Waals surface area contributed by atoms with Crippen molar-refractivity contribution in [2.45, 2.75) is 23.6 Å². The number of hydrogen-bond donors (Lipinski definition) is 1. The molecule has 88 valence electrons. The van der Waals surface area contributed by atoms with Gasteiger partial charge in [-0.25, -0.2) is 0 Å². The Hall–Kier alpha value is -0.130. The molecule has 2 nitrogen and oxygen atoms in total. The van der Waals surface area contributed by atoms with E-state index in [1.54, 1.807) is 0 Å². The fourth-order valence-corrected chi connectivity index (χ4v) is 3.65. The molecule has 16 heavy (non-hydrogen) atoms. The van der Waals surface area contributed by atoms with Crippen LogP contribution in [-0.4, -0.2) is 21.7 Å². The largest absolute Gasteiger partial charge is 0.393 e. The molecular formula is C13H17IO2. The highest BCUT2D eigenvalue weighted by molar-refractivity contribution is 14.1. The first kappa shape index (κ1) is 12.3. The molecule has 1 aromatic rings. The highest BCUT2D eigenvalue weighted by Gasteiger charge is 2.50. The second-order valence-corrected chi connectivity index (χ2v) is 5.87. The predicted octanol–water partition coefficient (Wildman–Crippen LogP) is 2.63. The summed E-state index contributed by atoms with van der Waals surface area (Å²) in [6, 6.07) is 10.2. The zero-order valence-electron chi connectivity index (χ0n) is 9.34. The molecule has 1 aliphatic carbocycles. The van der Waals surface area contributed by atoms with Gasteiger partial charge in [0.25, 0.3) is 0 Å². The van der Waals surface area contributed by atoms with Crippen molar-refractivity contribution in [1.29, 1.82) is 0 Å². The Morgan fingerprint density at radius 1 is 1.38 bits per heavy atom. The summed E-state index contributed by atoms with van der Waals surface area (Å²) < 4.78 is 6.26. The number of hydrogen-bond acceptors (Lipinski definition) is 2. The molecular weight excluding hydrogens is 315 g/mol. The van der Waals surface area contributed by atoms with Crippen molar-refractivity contribution in [3.8, 4) is 0 Å². The lowest BCUT2D eigenvalue weighted by molar-refractivity contribution is 0.0944. The molecule has 0 saturated heterocycles. The Balaban J connectivity index is 1.70. The van der Waals surface area contributed by atoms with Crippen LogP contribution in [-0.2, 0) is 11.3 Å². The minimum absolute atomic E-state index is 0.202. The average molecular weight is 332 g/mol. The lowest BCUT2D eigenvalue weighted by atomic mass is 10.2. The Labute approximate surface area is 110 Å². The van der Waals surface area contributed by atoms with Crippen molar-refractivity contribution in [1.82, 2.24) is 0 Å². The number of aliphatic hydroxyl groups excluding tert-OH is 1. The zero-order chi connectivity index (χ0) is 11.5. The molecule has 0 aliphatic heterocycles. The minimum Gasteiger partial charge on any atom is -0.393 e. The van der Waals surface area contributed by atoms with Gasteiger partial charge in [0.15, 0.2) is 0 Å². The molecule has 2 rings (SSSR count). The van der Waals surface area contributed by atoms with Gasteiger partial charge in [0.1, 0.15) is 0 Å². The van der Waals surface area contributed by atoms with Crippen LogP contribution >= 0.6 is 22.6 Å². The highest BCUT2D eigenvalue weighted by atomic mass is 127. The quantitative estimate of drug-likeness (QED) is 0.664. The Morgan fingerprint density at radius 3 is 2.62 bits per heavy atom. The summed E-state index contributed by atoms with van der Waals surface area (Å²) >= 11 is 2.41. The highest BCUT2D eigenvalue weighted by Crippen LogP contribution is 2.48. The second-order valence-electron chi connectivity index (χ2n) is 4.43. The monoisotopic (exact) mass is 332 g/mol. The molecule has 0 amide bonds. The summed E-state index contributed by atoms with van der Waals surface area (Å²) in [5.74, 6) is 0.959. The summed E-state index contributed by atoms with van der Waals surface area (Å²) in [6.07, 6.45) is -0.202. The van der Waals surface area contributed by atoms with E-state index in [4.69, 9.17) is 4.74 Å². The van der Waals surface area contributed by atoms with E-state index in [9.17, 15) is 5.11 Å². The molecule has 0 aromatic heterocycles. The van der Waals surface area contributed by atoms with Gasteiger partial charge in [-0.05, 0) is 12.5 Å². The van der Waals surface area contributed by atoms with E-state index in [1.807, 2.05) is 25.1 Å². The third-order valence-electron chi connectivity index (χ3n) is 3.11. The van der Waals surface area contributed by atoms with Crippen LogP contribution in [0.2, 0.25) is 0 Å². The van der Waals surface area contributed by atoms with Gasteiger partial charge < -0.3 is 9.84 Å². The van der Waals surface area contributed by atoms with Gasteiger partial charge in [0.2, 0.25) is 0 Å². The van der Waals surface area contributed by atoms with Gasteiger partial charge in [-0.3, -0.25) is 0 Å². The molecule has 1 aromatic carbocycles. The molecule has 0 spiro atoms. The van der Waals surface area contributed by atoms with Crippen molar-refractivity contribution in [2.75, 3.05) is 6.61 Å². The normalized spacial score (nSPS) is 30.1. The van der Waals surface area contributed by atoms with E-state index in [2.05, 4.69) is 34.7 Å². The molecule has 0 heterocycles. The number of ether oxygens (including phenoxy) is 1. The van der Waals surface area contributed by atoms with Crippen molar-refractivity contribution in [2.24, 2.45) is 11.8 Å². The number of benzene rings is 1. The Morgan fingerprint density at radius 2 is 2.06 bits per heavy atom. The van der Waals surface area contributed by atoms with Crippen molar-refractivity contribution in [3.63, 3.8) is 0 Å². The minimum atomic E-state index is -0.202. The van der Waals surface area contributed by atoms with E-state index in [-0.39, 0.29) is 6.10 Å². The maximum absolute atomic E-state index is 9.49. The molecule has 4 atom stereocenters.